The van der Waals surface area contributed by atoms with Gasteiger partial charge in [-0.05, 0) is 36.8 Å². The molecule has 26 heavy (non-hydrogen) atoms. The normalized spacial score (nSPS) is 10.3. The zero-order valence-corrected chi connectivity index (χ0v) is 15.7. The van der Waals surface area contributed by atoms with Crippen LogP contribution in [0.4, 0.5) is 5.69 Å². The first-order valence-electron chi connectivity index (χ1n) is 8.85. The molecule has 0 aliphatic heterocycles. The van der Waals surface area contributed by atoms with E-state index in [-0.39, 0.29) is 5.91 Å². The molecular weight excluding hydrogens is 330 g/mol. The van der Waals surface area contributed by atoms with E-state index in [2.05, 4.69) is 22.1 Å². The van der Waals surface area contributed by atoms with Crippen LogP contribution < -0.4 is 19.7 Å². The highest BCUT2D eigenvalue weighted by Crippen LogP contribution is 2.17. The minimum Gasteiger partial charge on any atom is -0.497 e. The van der Waals surface area contributed by atoms with Crippen LogP contribution in [0.1, 0.15) is 30.1 Å². The Balaban J connectivity index is 1.80. The summed E-state index contributed by atoms with van der Waals surface area (Å²) >= 11 is 0. The predicted octanol–water partition coefficient (Wildman–Crippen LogP) is 3.14. The molecule has 1 N–H and O–H groups in total. The molecule has 0 atom stereocenters. The fraction of sp³-hybridized carbons (Fsp3) is 0.400. The van der Waals surface area contributed by atoms with Crippen LogP contribution in [0.3, 0.4) is 0 Å². The van der Waals surface area contributed by atoms with Crippen LogP contribution in [-0.2, 0) is 0 Å². The minimum atomic E-state index is -0.151. The molecular formula is C20H27N3O3. The average molecular weight is 357 g/mol. The van der Waals surface area contributed by atoms with Gasteiger partial charge in [-0.15, -0.1) is 0 Å². The Morgan fingerprint density at radius 1 is 1.19 bits per heavy atom. The number of carbonyl (C=O) groups is 1. The van der Waals surface area contributed by atoms with Crippen molar-refractivity contribution in [2.24, 2.45) is 0 Å². The predicted molar refractivity (Wildman–Crippen MR) is 103 cm³/mol. The van der Waals surface area contributed by atoms with Gasteiger partial charge in [0.25, 0.3) is 5.91 Å². The van der Waals surface area contributed by atoms with Gasteiger partial charge in [-0.2, -0.15) is 0 Å². The maximum absolute atomic E-state index is 12.3. The van der Waals surface area contributed by atoms with Gasteiger partial charge in [-0.3, -0.25) is 9.78 Å². The zero-order valence-electron chi connectivity index (χ0n) is 15.7. The maximum atomic E-state index is 12.3. The Bertz CT molecular complexity index is 689. The van der Waals surface area contributed by atoms with Gasteiger partial charge in [0.2, 0.25) is 0 Å². The van der Waals surface area contributed by atoms with E-state index >= 15 is 0 Å². The smallest absolute Gasteiger partial charge is 0.253 e. The molecule has 0 radical (unpaired) electrons. The maximum Gasteiger partial charge on any atom is 0.253 e. The molecule has 0 spiro atoms. The van der Waals surface area contributed by atoms with E-state index in [1.54, 1.807) is 19.5 Å². The van der Waals surface area contributed by atoms with E-state index < -0.39 is 0 Å². The Labute approximate surface area is 155 Å². The lowest BCUT2D eigenvalue weighted by Crippen LogP contribution is -2.28. The highest BCUT2D eigenvalue weighted by Gasteiger charge is 2.08. The summed E-state index contributed by atoms with van der Waals surface area (Å²) in [5.74, 6) is 1.37. The van der Waals surface area contributed by atoms with Gasteiger partial charge in [0.1, 0.15) is 18.1 Å². The van der Waals surface area contributed by atoms with Crippen LogP contribution in [0.15, 0.2) is 42.7 Å². The van der Waals surface area contributed by atoms with Crippen molar-refractivity contribution in [1.29, 1.82) is 0 Å². The van der Waals surface area contributed by atoms with Crippen LogP contribution in [0, 0.1) is 0 Å². The number of benzene rings is 1. The van der Waals surface area contributed by atoms with Crippen molar-refractivity contribution >= 4 is 11.6 Å². The largest absolute Gasteiger partial charge is 0.497 e. The zero-order chi connectivity index (χ0) is 18.8. The number of pyridine rings is 1. The van der Waals surface area contributed by atoms with Gasteiger partial charge >= 0.3 is 0 Å². The molecule has 0 bridgehead atoms. The highest BCUT2D eigenvalue weighted by atomic mass is 16.5. The molecule has 1 amide bonds. The number of aromatic nitrogens is 1. The van der Waals surface area contributed by atoms with Crippen molar-refractivity contribution in [2.45, 2.75) is 19.8 Å². The number of ether oxygens (including phenoxy) is 2. The summed E-state index contributed by atoms with van der Waals surface area (Å²) in [5, 5.41) is 2.85. The van der Waals surface area contributed by atoms with Crippen molar-refractivity contribution < 1.29 is 14.3 Å². The summed E-state index contributed by atoms with van der Waals surface area (Å²) in [5.41, 5.74) is 1.50. The number of methoxy groups -OCH3 is 1. The van der Waals surface area contributed by atoms with E-state index in [9.17, 15) is 4.79 Å². The Morgan fingerprint density at radius 2 is 1.92 bits per heavy atom. The number of nitrogens with zero attached hydrogens (tertiary/aromatic N) is 2. The van der Waals surface area contributed by atoms with Crippen LogP contribution in [0.25, 0.3) is 0 Å². The second-order valence-electron chi connectivity index (χ2n) is 5.99. The molecule has 0 saturated heterocycles. The fourth-order valence-electron chi connectivity index (χ4n) is 2.39. The molecule has 140 valence electrons. The monoisotopic (exact) mass is 357 g/mol. The molecule has 1 aromatic carbocycles. The van der Waals surface area contributed by atoms with Gasteiger partial charge in [0.15, 0.2) is 0 Å². The van der Waals surface area contributed by atoms with E-state index in [0.717, 1.165) is 36.6 Å². The summed E-state index contributed by atoms with van der Waals surface area (Å²) in [6.07, 6.45) is 5.60. The molecule has 0 fully saturated rings. The van der Waals surface area contributed by atoms with E-state index in [1.165, 1.54) is 0 Å². The van der Waals surface area contributed by atoms with Crippen LogP contribution in [-0.4, -0.2) is 44.7 Å². The van der Waals surface area contributed by atoms with Crippen LogP contribution in [0.5, 0.6) is 11.5 Å². The van der Waals surface area contributed by atoms with Gasteiger partial charge in [-0.1, -0.05) is 13.3 Å². The summed E-state index contributed by atoms with van der Waals surface area (Å²) < 4.78 is 10.7. The molecule has 0 aliphatic carbocycles. The SMILES string of the molecule is CCCCN(C)c1cncc(C(=O)NCCOc2ccc(OC)cc2)c1. The number of amides is 1. The number of hydrogen-bond donors (Lipinski definition) is 1. The first kappa shape index (κ1) is 19.6. The van der Waals surface area contributed by atoms with E-state index in [4.69, 9.17) is 9.47 Å². The number of rotatable bonds is 10. The van der Waals surface area contributed by atoms with Crippen molar-refractivity contribution in [3.63, 3.8) is 0 Å². The number of nitrogens with one attached hydrogen (secondary N) is 1. The van der Waals surface area contributed by atoms with Crippen molar-refractivity contribution in [3.8, 4) is 11.5 Å². The number of unbranched alkanes of at least 4 members (excludes halogenated alkanes) is 1. The molecule has 0 unspecified atom stereocenters. The van der Waals surface area contributed by atoms with Gasteiger partial charge in [0.05, 0.1) is 31.1 Å². The van der Waals surface area contributed by atoms with Gasteiger partial charge in [-0.25, -0.2) is 0 Å². The van der Waals surface area contributed by atoms with Gasteiger partial charge < -0.3 is 19.7 Å². The average Bonchev–Trinajstić information content (AvgIpc) is 2.69. The Hall–Kier alpha value is -2.76. The third-order valence-electron chi connectivity index (χ3n) is 3.99. The molecule has 6 nitrogen and oxygen atoms in total. The summed E-state index contributed by atoms with van der Waals surface area (Å²) in [6.45, 7) is 3.91. The van der Waals surface area contributed by atoms with Crippen molar-refractivity contribution in [1.82, 2.24) is 10.3 Å². The minimum absolute atomic E-state index is 0.151. The number of hydrogen-bond acceptors (Lipinski definition) is 5. The molecule has 0 aliphatic rings. The molecule has 2 aromatic rings. The molecule has 1 heterocycles. The Kier molecular flexibility index (Phi) is 7.74. The summed E-state index contributed by atoms with van der Waals surface area (Å²) in [4.78, 5) is 18.6. The number of carbonyl (C=O) groups excluding carboxylic acids is 1. The summed E-state index contributed by atoms with van der Waals surface area (Å²) in [6, 6.07) is 9.20. The molecule has 1 aromatic heterocycles. The lowest BCUT2D eigenvalue weighted by Gasteiger charge is -2.19. The lowest BCUT2D eigenvalue weighted by atomic mass is 10.2. The van der Waals surface area contributed by atoms with Crippen molar-refractivity contribution in [3.05, 3.63) is 48.3 Å². The molecule has 6 heteroatoms. The molecule has 2 rings (SSSR count). The quantitative estimate of drug-likeness (QED) is 0.662. The summed E-state index contributed by atoms with van der Waals surface area (Å²) in [7, 11) is 3.63. The van der Waals surface area contributed by atoms with E-state index in [1.807, 2.05) is 37.4 Å². The van der Waals surface area contributed by atoms with Crippen molar-refractivity contribution in [2.75, 3.05) is 38.8 Å². The number of anilines is 1. The lowest BCUT2D eigenvalue weighted by molar-refractivity contribution is 0.0946. The highest BCUT2D eigenvalue weighted by molar-refractivity contribution is 5.94. The molecule has 0 saturated carbocycles. The van der Waals surface area contributed by atoms with E-state index in [0.29, 0.717) is 18.7 Å². The van der Waals surface area contributed by atoms with Crippen LogP contribution >= 0.6 is 0 Å². The second-order valence-corrected chi connectivity index (χ2v) is 5.99. The van der Waals surface area contributed by atoms with Crippen LogP contribution in [0.2, 0.25) is 0 Å². The fourth-order valence-corrected chi connectivity index (χ4v) is 2.39. The first-order valence-corrected chi connectivity index (χ1v) is 8.85. The second kappa shape index (κ2) is 10.3. The first-order chi connectivity index (χ1) is 12.6. The third-order valence-corrected chi connectivity index (χ3v) is 3.99. The van der Waals surface area contributed by atoms with Gasteiger partial charge in [0, 0.05) is 19.8 Å². The third kappa shape index (κ3) is 5.95. The topological polar surface area (TPSA) is 63.7 Å². The standard InChI is InChI=1S/C20H27N3O3/c1-4-5-11-23(2)17-13-16(14-21-15-17)20(24)22-10-12-26-19-8-6-18(25-3)7-9-19/h6-9,13-15H,4-5,10-12H2,1-3H3,(H,22,24). The Morgan fingerprint density at radius 3 is 2.62 bits per heavy atom.